The van der Waals surface area contributed by atoms with Crippen LogP contribution in [0.2, 0.25) is 0 Å². The lowest BCUT2D eigenvalue weighted by Crippen LogP contribution is -2.24. The van der Waals surface area contributed by atoms with Crippen LogP contribution in [0.5, 0.6) is 11.5 Å². The van der Waals surface area contributed by atoms with Crippen LogP contribution in [0.4, 0.5) is 4.39 Å². The van der Waals surface area contributed by atoms with Crippen molar-refractivity contribution >= 4 is 23.5 Å². The van der Waals surface area contributed by atoms with Crippen molar-refractivity contribution < 1.29 is 13.9 Å². The van der Waals surface area contributed by atoms with Gasteiger partial charge in [0.2, 0.25) is 0 Å². The molecule has 5 nitrogen and oxygen atoms in total. The van der Waals surface area contributed by atoms with Gasteiger partial charge in [0.25, 0.3) is 0 Å². The molecular weight excluding hydrogens is 317 g/mol. The minimum absolute atomic E-state index is 0.0615. The van der Waals surface area contributed by atoms with Crippen molar-refractivity contribution in [2.24, 2.45) is 10.8 Å². The number of methoxy groups -OCH3 is 1. The number of para-hydroxylation sites is 1. The van der Waals surface area contributed by atoms with E-state index in [0.717, 1.165) is 0 Å². The molecule has 0 saturated carbocycles. The summed E-state index contributed by atoms with van der Waals surface area (Å²) in [6.07, 6.45) is 1.52. The molecule has 2 aromatic rings. The van der Waals surface area contributed by atoms with Gasteiger partial charge in [-0.2, -0.15) is 5.10 Å². The number of nitrogens with one attached hydrogen (secondary N) is 1. The molecule has 0 spiro atoms. The van der Waals surface area contributed by atoms with Crippen LogP contribution < -0.4 is 20.6 Å². The second-order valence-corrected chi connectivity index (χ2v) is 4.97. The monoisotopic (exact) mass is 333 g/mol. The van der Waals surface area contributed by atoms with Gasteiger partial charge in [-0.3, -0.25) is 5.43 Å². The number of nitrogens with zero attached hydrogens (tertiary/aromatic N) is 1. The van der Waals surface area contributed by atoms with Crippen LogP contribution in [-0.2, 0) is 6.61 Å². The summed E-state index contributed by atoms with van der Waals surface area (Å²) >= 11 is 4.68. The van der Waals surface area contributed by atoms with Crippen LogP contribution in [0.25, 0.3) is 0 Å². The van der Waals surface area contributed by atoms with E-state index in [1.54, 1.807) is 37.4 Å². The molecule has 0 aliphatic carbocycles. The van der Waals surface area contributed by atoms with Crippen LogP contribution >= 0.6 is 12.2 Å². The SMILES string of the molecule is COc1cccc(C=NNC(N)=S)c1OCc1cccc(F)c1. The summed E-state index contributed by atoms with van der Waals surface area (Å²) in [6.45, 7) is 0.196. The summed E-state index contributed by atoms with van der Waals surface area (Å²) in [5.41, 5.74) is 9.17. The maximum Gasteiger partial charge on any atom is 0.184 e. The van der Waals surface area contributed by atoms with E-state index in [-0.39, 0.29) is 17.5 Å². The number of nitrogens with two attached hydrogens (primary N) is 1. The maximum absolute atomic E-state index is 13.2. The van der Waals surface area contributed by atoms with E-state index < -0.39 is 0 Å². The fourth-order valence-electron chi connectivity index (χ4n) is 1.90. The number of benzene rings is 2. The van der Waals surface area contributed by atoms with Gasteiger partial charge in [0.1, 0.15) is 12.4 Å². The van der Waals surface area contributed by atoms with Gasteiger partial charge in [-0.1, -0.05) is 18.2 Å². The van der Waals surface area contributed by atoms with Gasteiger partial charge in [-0.25, -0.2) is 4.39 Å². The van der Waals surface area contributed by atoms with E-state index in [9.17, 15) is 4.39 Å². The van der Waals surface area contributed by atoms with Gasteiger partial charge in [0.05, 0.1) is 13.3 Å². The Morgan fingerprint density at radius 1 is 1.35 bits per heavy atom. The molecule has 0 atom stereocenters. The van der Waals surface area contributed by atoms with Gasteiger partial charge in [0.15, 0.2) is 16.6 Å². The predicted molar refractivity (Wildman–Crippen MR) is 91.2 cm³/mol. The van der Waals surface area contributed by atoms with E-state index in [0.29, 0.717) is 22.6 Å². The van der Waals surface area contributed by atoms with Crippen molar-refractivity contribution in [1.29, 1.82) is 0 Å². The molecule has 2 rings (SSSR count). The first kappa shape index (κ1) is 16.7. The van der Waals surface area contributed by atoms with E-state index in [2.05, 4.69) is 22.7 Å². The summed E-state index contributed by atoms with van der Waals surface area (Å²) in [7, 11) is 1.54. The quantitative estimate of drug-likeness (QED) is 0.483. The standard InChI is InChI=1S/C16H16FN3O2S/c1-21-14-7-3-5-12(9-19-20-16(18)23)15(14)22-10-11-4-2-6-13(17)8-11/h2-9H,10H2,1H3,(H3,18,20,23). The summed E-state index contributed by atoms with van der Waals surface area (Å²) in [5, 5.41) is 3.97. The first-order chi connectivity index (χ1) is 11.1. The van der Waals surface area contributed by atoms with E-state index in [1.165, 1.54) is 18.3 Å². The molecule has 0 bridgehead atoms. The van der Waals surface area contributed by atoms with Crippen molar-refractivity contribution in [3.8, 4) is 11.5 Å². The maximum atomic E-state index is 13.2. The van der Waals surface area contributed by atoms with Crippen molar-refractivity contribution in [2.45, 2.75) is 6.61 Å². The Hall–Kier alpha value is -2.67. The highest BCUT2D eigenvalue weighted by atomic mass is 32.1. The predicted octanol–water partition coefficient (Wildman–Crippen LogP) is 2.58. The van der Waals surface area contributed by atoms with Crippen molar-refractivity contribution in [2.75, 3.05) is 7.11 Å². The van der Waals surface area contributed by atoms with Crippen LogP contribution in [0.1, 0.15) is 11.1 Å². The van der Waals surface area contributed by atoms with Crippen LogP contribution in [-0.4, -0.2) is 18.4 Å². The number of hydrogen-bond acceptors (Lipinski definition) is 4. The first-order valence-corrected chi connectivity index (χ1v) is 7.13. The number of hydrazone groups is 1. The molecule has 0 radical (unpaired) electrons. The van der Waals surface area contributed by atoms with Gasteiger partial charge >= 0.3 is 0 Å². The zero-order valence-corrected chi connectivity index (χ0v) is 13.3. The summed E-state index contributed by atoms with van der Waals surface area (Å²) in [4.78, 5) is 0. The molecule has 0 aliphatic heterocycles. The molecular formula is C16H16FN3O2S. The largest absolute Gasteiger partial charge is 0.493 e. The molecule has 2 aromatic carbocycles. The van der Waals surface area contributed by atoms with E-state index in [4.69, 9.17) is 15.2 Å². The lowest BCUT2D eigenvalue weighted by atomic mass is 10.2. The lowest BCUT2D eigenvalue weighted by Gasteiger charge is -2.13. The van der Waals surface area contributed by atoms with Gasteiger partial charge in [-0.15, -0.1) is 0 Å². The van der Waals surface area contributed by atoms with Crippen LogP contribution in [0, 0.1) is 5.82 Å². The fraction of sp³-hybridized carbons (Fsp3) is 0.125. The second-order valence-electron chi connectivity index (χ2n) is 4.53. The number of hydrogen-bond donors (Lipinski definition) is 2. The third-order valence-electron chi connectivity index (χ3n) is 2.88. The Bertz CT molecular complexity index is 722. The fourth-order valence-corrected chi connectivity index (χ4v) is 1.95. The smallest absolute Gasteiger partial charge is 0.184 e. The number of thiocarbonyl (C=S) groups is 1. The van der Waals surface area contributed by atoms with Gasteiger partial charge in [-0.05, 0) is 42.0 Å². The highest BCUT2D eigenvalue weighted by molar-refractivity contribution is 7.80. The molecule has 0 amide bonds. The first-order valence-electron chi connectivity index (χ1n) is 6.73. The topological polar surface area (TPSA) is 68.9 Å². The van der Waals surface area contributed by atoms with E-state index >= 15 is 0 Å². The molecule has 7 heteroatoms. The molecule has 0 unspecified atom stereocenters. The van der Waals surface area contributed by atoms with Crippen LogP contribution in [0.3, 0.4) is 0 Å². The minimum Gasteiger partial charge on any atom is -0.493 e. The molecule has 0 aliphatic rings. The normalized spacial score (nSPS) is 10.5. The van der Waals surface area contributed by atoms with Crippen molar-refractivity contribution in [3.05, 3.63) is 59.4 Å². The molecule has 0 aromatic heterocycles. The number of ether oxygens (including phenoxy) is 2. The lowest BCUT2D eigenvalue weighted by molar-refractivity contribution is 0.283. The number of rotatable bonds is 6. The zero-order valence-electron chi connectivity index (χ0n) is 12.5. The highest BCUT2D eigenvalue weighted by Gasteiger charge is 2.10. The molecule has 3 N–H and O–H groups in total. The van der Waals surface area contributed by atoms with E-state index in [1.807, 2.05) is 0 Å². The highest BCUT2D eigenvalue weighted by Crippen LogP contribution is 2.30. The Morgan fingerprint density at radius 2 is 2.13 bits per heavy atom. The minimum atomic E-state index is -0.312. The molecule has 0 saturated heterocycles. The summed E-state index contributed by atoms with van der Waals surface area (Å²) < 4.78 is 24.3. The Balaban J connectivity index is 2.21. The summed E-state index contributed by atoms with van der Waals surface area (Å²) in [6, 6.07) is 11.6. The second kappa shape index (κ2) is 8.09. The van der Waals surface area contributed by atoms with Gasteiger partial charge < -0.3 is 15.2 Å². The molecule has 0 fully saturated rings. The Morgan fingerprint density at radius 3 is 2.83 bits per heavy atom. The van der Waals surface area contributed by atoms with Crippen molar-refractivity contribution in [1.82, 2.24) is 5.43 Å². The third-order valence-corrected chi connectivity index (χ3v) is 2.97. The van der Waals surface area contributed by atoms with Gasteiger partial charge in [0, 0.05) is 5.56 Å². The average molecular weight is 333 g/mol. The van der Waals surface area contributed by atoms with Crippen LogP contribution in [0.15, 0.2) is 47.6 Å². The van der Waals surface area contributed by atoms with Crippen molar-refractivity contribution in [3.63, 3.8) is 0 Å². The third kappa shape index (κ3) is 4.93. The molecule has 23 heavy (non-hydrogen) atoms. The zero-order chi connectivity index (χ0) is 16.7. The summed E-state index contributed by atoms with van der Waals surface area (Å²) in [5.74, 6) is 0.724. The number of halogens is 1. The Labute approximate surface area is 138 Å². The Kier molecular flexibility index (Phi) is 5.87. The molecule has 0 heterocycles. The average Bonchev–Trinajstić information content (AvgIpc) is 2.53. The molecule has 120 valence electrons.